The van der Waals surface area contributed by atoms with Gasteiger partial charge in [0, 0.05) is 61.9 Å². The zero-order chi connectivity index (χ0) is 24.8. The molecule has 34 heavy (non-hydrogen) atoms. The quantitative estimate of drug-likeness (QED) is 0.552. The van der Waals surface area contributed by atoms with Gasteiger partial charge in [0.05, 0.1) is 5.52 Å². The van der Waals surface area contributed by atoms with Crippen LogP contribution in [0.15, 0.2) is 30.6 Å². The number of nitrogens with one attached hydrogen (secondary N) is 1. The molecule has 1 saturated carbocycles. The molecule has 0 unspecified atom stereocenters. The highest BCUT2D eigenvalue weighted by molar-refractivity contribution is 6.03. The minimum Gasteiger partial charge on any atom is -0.343 e. The standard InChI is InChI=1S/C24H23F2N5O3/c1-5-19(32)18-6-12(2)15(11-27-18)14-7-13-10-28-20(30-22(33)16-9-24(16,25)26)8-17(13)29-21(14)23(34)31(3)4/h6-8,10-11,16H,5,9H2,1-4H3,(H,28,30,33)/t16-/m1/s1. The van der Waals surface area contributed by atoms with Gasteiger partial charge in [-0.3, -0.25) is 19.4 Å². The highest BCUT2D eigenvalue weighted by Gasteiger charge is 2.61. The first-order chi connectivity index (χ1) is 16.0. The van der Waals surface area contributed by atoms with Crippen LogP contribution in [0.1, 0.15) is 46.3 Å². The van der Waals surface area contributed by atoms with Crippen LogP contribution < -0.4 is 5.32 Å². The summed E-state index contributed by atoms with van der Waals surface area (Å²) in [5.41, 5.74) is 2.77. The Morgan fingerprint density at radius 2 is 1.82 bits per heavy atom. The maximum atomic E-state index is 13.2. The molecule has 0 aliphatic heterocycles. The second-order valence-corrected chi connectivity index (χ2v) is 8.51. The largest absolute Gasteiger partial charge is 0.343 e. The lowest BCUT2D eigenvalue weighted by Crippen LogP contribution is -2.24. The van der Waals surface area contributed by atoms with Crippen molar-refractivity contribution in [2.24, 2.45) is 5.92 Å². The number of Topliss-reactive ketones (excluding diaryl/α,β-unsaturated/α-hetero) is 1. The lowest BCUT2D eigenvalue weighted by Gasteiger charge is -2.16. The van der Waals surface area contributed by atoms with Crippen molar-refractivity contribution in [3.05, 3.63) is 47.5 Å². The molecule has 3 aromatic heterocycles. The number of nitrogens with zero attached hydrogens (tertiary/aromatic N) is 4. The minimum absolute atomic E-state index is 0.0731. The van der Waals surface area contributed by atoms with Gasteiger partial charge in [0.15, 0.2) is 5.78 Å². The lowest BCUT2D eigenvalue weighted by atomic mass is 9.98. The topological polar surface area (TPSA) is 105 Å². The Balaban J connectivity index is 1.78. The number of hydrogen-bond donors (Lipinski definition) is 1. The van der Waals surface area contributed by atoms with Gasteiger partial charge >= 0.3 is 0 Å². The average molecular weight is 467 g/mol. The zero-order valence-corrected chi connectivity index (χ0v) is 19.1. The van der Waals surface area contributed by atoms with Gasteiger partial charge in [0.1, 0.15) is 23.1 Å². The molecule has 10 heteroatoms. The van der Waals surface area contributed by atoms with Crippen molar-refractivity contribution in [2.75, 3.05) is 19.4 Å². The van der Waals surface area contributed by atoms with Crippen molar-refractivity contribution in [3.63, 3.8) is 0 Å². The SMILES string of the molecule is CCC(=O)c1cc(C)c(-c2cc3cnc(NC(=O)[C@H]4CC4(F)F)cc3nc2C(=O)N(C)C)cn1. The number of pyridine rings is 3. The van der Waals surface area contributed by atoms with Crippen molar-refractivity contribution in [1.29, 1.82) is 0 Å². The molecular weight excluding hydrogens is 444 g/mol. The van der Waals surface area contributed by atoms with E-state index in [4.69, 9.17) is 0 Å². The van der Waals surface area contributed by atoms with Crippen LogP contribution in [0, 0.1) is 12.8 Å². The maximum absolute atomic E-state index is 13.2. The van der Waals surface area contributed by atoms with E-state index in [1.807, 2.05) is 6.92 Å². The van der Waals surface area contributed by atoms with Gasteiger partial charge in [-0.05, 0) is 24.6 Å². The van der Waals surface area contributed by atoms with E-state index in [1.165, 1.54) is 17.2 Å². The van der Waals surface area contributed by atoms with Crippen LogP contribution in [-0.4, -0.2) is 57.5 Å². The van der Waals surface area contributed by atoms with E-state index in [-0.39, 0.29) is 23.2 Å². The Kier molecular flexibility index (Phi) is 5.84. The number of rotatable bonds is 6. The number of ketones is 1. The molecule has 0 spiro atoms. The third-order valence-corrected chi connectivity index (χ3v) is 5.71. The van der Waals surface area contributed by atoms with Crippen molar-refractivity contribution in [3.8, 4) is 11.1 Å². The van der Waals surface area contributed by atoms with E-state index in [0.717, 1.165) is 5.56 Å². The summed E-state index contributed by atoms with van der Waals surface area (Å²) in [6.45, 7) is 3.58. The number of aromatic nitrogens is 3. The highest BCUT2D eigenvalue weighted by atomic mass is 19.3. The predicted molar refractivity (Wildman–Crippen MR) is 122 cm³/mol. The second-order valence-electron chi connectivity index (χ2n) is 8.51. The van der Waals surface area contributed by atoms with Crippen LogP contribution in [0.3, 0.4) is 0 Å². The molecule has 0 bridgehead atoms. The summed E-state index contributed by atoms with van der Waals surface area (Å²) in [6, 6.07) is 4.86. The average Bonchev–Trinajstić information content (AvgIpc) is 3.45. The molecule has 1 aliphatic rings. The molecule has 8 nitrogen and oxygen atoms in total. The molecule has 4 rings (SSSR count). The van der Waals surface area contributed by atoms with Gasteiger partial charge in [-0.15, -0.1) is 0 Å². The van der Waals surface area contributed by atoms with E-state index in [2.05, 4.69) is 20.3 Å². The number of anilines is 1. The normalized spacial score (nSPS) is 16.2. The number of aryl methyl sites for hydroxylation is 1. The first kappa shape index (κ1) is 23.3. The summed E-state index contributed by atoms with van der Waals surface area (Å²) < 4.78 is 26.4. The van der Waals surface area contributed by atoms with E-state index < -0.39 is 24.2 Å². The van der Waals surface area contributed by atoms with Crippen molar-refractivity contribution in [2.45, 2.75) is 32.6 Å². The molecule has 3 heterocycles. The first-order valence-corrected chi connectivity index (χ1v) is 10.7. The van der Waals surface area contributed by atoms with Gasteiger partial charge < -0.3 is 10.2 Å². The summed E-state index contributed by atoms with van der Waals surface area (Å²) in [4.78, 5) is 51.3. The van der Waals surface area contributed by atoms with E-state index >= 15 is 0 Å². The number of carbonyl (C=O) groups excluding carboxylic acids is 3. The summed E-state index contributed by atoms with van der Waals surface area (Å²) in [6.07, 6.45) is 2.85. The third kappa shape index (κ3) is 4.35. The number of amides is 2. The number of carbonyl (C=O) groups is 3. The van der Waals surface area contributed by atoms with E-state index in [0.29, 0.717) is 34.1 Å². The maximum Gasteiger partial charge on any atom is 0.272 e. The molecule has 0 radical (unpaired) electrons. The van der Waals surface area contributed by atoms with Crippen molar-refractivity contribution in [1.82, 2.24) is 19.9 Å². The third-order valence-electron chi connectivity index (χ3n) is 5.71. The molecule has 2 amide bonds. The van der Waals surface area contributed by atoms with E-state index in [1.54, 1.807) is 39.3 Å². The zero-order valence-electron chi connectivity index (χ0n) is 19.1. The molecule has 176 valence electrons. The molecule has 1 atom stereocenters. The fourth-order valence-electron chi connectivity index (χ4n) is 3.60. The summed E-state index contributed by atoms with van der Waals surface area (Å²) in [7, 11) is 3.19. The van der Waals surface area contributed by atoms with E-state index in [9.17, 15) is 23.2 Å². The van der Waals surface area contributed by atoms with Crippen molar-refractivity contribution >= 4 is 34.3 Å². The summed E-state index contributed by atoms with van der Waals surface area (Å²) in [5, 5.41) is 2.97. The Hall–Kier alpha value is -3.82. The molecule has 1 N–H and O–H groups in total. The van der Waals surface area contributed by atoms with Crippen LogP contribution in [0.25, 0.3) is 22.0 Å². The van der Waals surface area contributed by atoms with Gasteiger partial charge in [0.2, 0.25) is 5.91 Å². The molecule has 0 saturated heterocycles. The highest BCUT2D eigenvalue weighted by Crippen LogP contribution is 2.49. The van der Waals surface area contributed by atoms with Gasteiger partial charge in [-0.1, -0.05) is 6.92 Å². The minimum atomic E-state index is -2.98. The van der Waals surface area contributed by atoms with Crippen molar-refractivity contribution < 1.29 is 23.2 Å². The molecule has 1 fully saturated rings. The smallest absolute Gasteiger partial charge is 0.272 e. The number of fused-ring (bicyclic) bond motifs is 1. The molecule has 1 aliphatic carbocycles. The number of hydrogen-bond acceptors (Lipinski definition) is 6. The lowest BCUT2D eigenvalue weighted by molar-refractivity contribution is -0.119. The van der Waals surface area contributed by atoms with Gasteiger partial charge in [-0.2, -0.15) is 0 Å². The van der Waals surface area contributed by atoms with Crippen LogP contribution in [-0.2, 0) is 4.79 Å². The van der Waals surface area contributed by atoms with Gasteiger partial charge in [0.25, 0.3) is 11.8 Å². The fourth-order valence-corrected chi connectivity index (χ4v) is 3.60. The Bertz CT molecular complexity index is 1340. The molecular formula is C24H23F2N5O3. The summed E-state index contributed by atoms with van der Waals surface area (Å²) >= 11 is 0. The van der Waals surface area contributed by atoms with Crippen LogP contribution in [0.5, 0.6) is 0 Å². The Morgan fingerprint density at radius 3 is 2.41 bits per heavy atom. The van der Waals surface area contributed by atoms with Gasteiger partial charge in [-0.25, -0.2) is 18.7 Å². The molecule has 3 aromatic rings. The van der Waals surface area contributed by atoms with Crippen LogP contribution >= 0.6 is 0 Å². The second kappa shape index (κ2) is 8.51. The Morgan fingerprint density at radius 1 is 1.12 bits per heavy atom. The van der Waals surface area contributed by atoms with Crippen LogP contribution in [0.2, 0.25) is 0 Å². The van der Waals surface area contributed by atoms with Crippen LogP contribution in [0.4, 0.5) is 14.6 Å². The predicted octanol–water partition coefficient (Wildman–Crippen LogP) is 3.89. The first-order valence-electron chi connectivity index (χ1n) is 10.7. The number of halogens is 2. The summed E-state index contributed by atoms with van der Waals surface area (Å²) in [5.74, 6) is -5.51. The fraction of sp³-hybridized carbons (Fsp3) is 0.333. The molecule has 0 aromatic carbocycles. The Labute approximate surface area is 194 Å². The number of alkyl halides is 2. The monoisotopic (exact) mass is 467 g/mol.